The highest BCUT2D eigenvalue weighted by atomic mass is 32.1. The summed E-state index contributed by atoms with van der Waals surface area (Å²) < 4.78 is 32.5. The zero-order valence-electron chi connectivity index (χ0n) is 15.0. The van der Waals surface area contributed by atoms with Crippen LogP contribution in [0, 0.1) is 11.6 Å². The number of aliphatic hydroxyl groups excluding tert-OH is 1. The maximum atomic E-state index is 14.3. The zero-order chi connectivity index (χ0) is 20.8. The van der Waals surface area contributed by atoms with Gasteiger partial charge in [-0.2, -0.15) is 0 Å². The lowest BCUT2D eigenvalue weighted by atomic mass is 10.1. The molecule has 0 aliphatic carbocycles. The van der Waals surface area contributed by atoms with Crippen molar-refractivity contribution in [2.75, 3.05) is 11.1 Å². The van der Waals surface area contributed by atoms with Crippen LogP contribution in [-0.4, -0.2) is 26.4 Å². The number of nitrogens with zero attached hydrogens (tertiary/aromatic N) is 2. The van der Waals surface area contributed by atoms with Crippen molar-refractivity contribution in [3.8, 4) is 11.6 Å². The average Bonchev–Trinajstić information content (AvgIpc) is 2.66. The molecule has 3 aromatic rings. The van der Waals surface area contributed by atoms with E-state index in [2.05, 4.69) is 20.6 Å². The van der Waals surface area contributed by atoms with Gasteiger partial charge in [0.25, 0.3) is 0 Å². The van der Waals surface area contributed by atoms with Crippen LogP contribution in [0.25, 0.3) is 0 Å². The molecule has 0 unspecified atom stereocenters. The van der Waals surface area contributed by atoms with E-state index in [1.54, 1.807) is 18.2 Å². The van der Waals surface area contributed by atoms with Gasteiger partial charge in [0.15, 0.2) is 16.7 Å². The predicted molar refractivity (Wildman–Crippen MR) is 108 cm³/mol. The number of benzene rings is 2. The molecular weight excluding hydrogens is 400 g/mol. The molecular formula is C19H17F2N5O2S. The summed E-state index contributed by atoms with van der Waals surface area (Å²) >= 11 is 5.12. The van der Waals surface area contributed by atoms with Crippen LogP contribution >= 0.6 is 12.2 Å². The molecule has 0 radical (unpaired) electrons. The Morgan fingerprint density at radius 2 is 1.90 bits per heavy atom. The van der Waals surface area contributed by atoms with E-state index in [4.69, 9.17) is 22.7 Å². The molecule has 1 aromatic heterocycles. The Kier molecular flexibility index (Phi) is 6.47. The molecule has 0 amide bonds. The Hall–Kier alpha value is -3.37. The Balaban J connectivity index is 1.56. The lowest BCUT2D eigenvalue weighted by Gasteiger charge is -2.16. The summed E-state index contributed by atoms with van der Waals surface area (Å²) in [6.45, 7) is 0. The Bertz CT molecular complexity index is 1000. The minimum absolute atomic E-state index is 0.0520. The number of nitrogens with one attached hydrogen (secondary N) is 2. The quantitative estimate of drug-likeness (QED) is 0.358. The van der Waals surface area contributed by atoms with Gasteiger partial charge < -0.3 is 26.2 Å². The second-order valence-electron chi connectivity index (χ2n) is 5.97. The van der Waals surface area contributed by atoms with Crippen molar-refractivity contribution in [2.45, 2.75) is 12.6 Å². The molecule has 0 saturated heterocycles. The fourth-order valence-electron chi connectivity index (χ4n) is 2.40. The van der Waals surface area contributed by atoms with E-state index in [1.165, 1.54) is 36.7 Å². The molecule has 0 aliphatic heterocycles. The van der Waals surface area contributed by atoms with Crippen molar-refractivity contribution < 1.29 is 18.6 Å². The molecule has 10 heteroatoms. The van der Waals surface area contributed by atoms with Crippen LogP contribution in [-0.2, 0) is 6.42 Å². The van der Waals surface area contributed by atoms with Crippen molar-refractivity contribution in [3.63, 3.8) is 0 Å². The van der Waals surface area contributed by atoms with Crippen LogP contribution in [0.3, 0.4) is 0 Å². The summed E-state index contributed by atoms with van der Waals surface area (Å²) in [7, 11) is 0. The lowest BCUT2D eigenvalue weighted by Crippen LogP contribution is -2.38. The molecule has 2 aromatic carbocycles. The highest BCUT2D eigenvalue weighted by Gasteiger charge is 2.11. The maximum absolute atomic E-state index is 14.3. The van der Waals surface area contributed by atoms with Gasteiger partial charge in [-0.15, -0.1) is 0 Å². The zero-order valence-corrected chi connectivity index (χ0v) is 15.8. The third kappa shape index (κ3) is 6.06. The fourth-order valence-corrected chi connectivity index (χ4v) is 2.65. The summed E-state index contributed by atoms with van der Waals surface area (Å²) in [6, 6.07) is 11.2. The van der Waals surface area contributed by atoms with E-state index in [0.717, 1.165) is 5.56 Å². The molecule has 0 fully saturated rings. The third-order valence-corrected chi connectivity index (χ3v) is 3.93. The van der Waals surface area contributed by atoms with Crippen molar-refractivity contribution >= 4 is 28.8 Å². The first kappa shape index (κ1) is 20.4. The number of halogens is 2. The summed E-state index contributed by atoms with van der Waals surface area (Å²) in [4.78, 5) is 7.57. The van der Waals surface area contributed by atoms with Gasteiger partial charge in [0.1, 0.15) is 24.2 Å². The van der Waals surface area contributed by atoms with E-state index in [1.807, 2.05) is 0 Å². The molecule has 0 spiro atoms. The van der Waals surface area contributed by atoms with Gasteiger partial charge in [-0.25, -0.2) is 18.7 Å². The lowest BCUT2D eigenvalue weighted by molar-refractivity contribution is 0.161. The molecule has 0 bridgehead atoms. The average molecular weight is 417 g/mol. The van der Waals surface area contributed by atoms with Crippen LogP contribution < -0.4 is 21.1 Å². The number of rotatable bonds is 6. The second kappa shape index (κ2) is 9.22. The van der Waals surface area contributed by atoms with Gasteiger partial charge >= 0.3 is 0 Å². The topological polar surface area (TPSA) is 105 Å². The molecule has 3 rings (SSSR count). The fraction of sp³-hybridized carbons (Fsp3) is 0.105. The molecule has 0 aliphatic rings. The molecule has 1 heterocycles. The first-order chi connectivity index (χ1) is 13.9. The van der Waals surface area contributed by atoms with E-state index in [9.17, 15) is 13.9 Å². The number of hydrogen-bond acceptors (Lipinski definition) is 6. The highest BCUT2D eigenvalue weighted by molar-refractivity contribution is 7.80. The first-order valence-corrected chi connectivity index (χ1v) is 8.85. The SMILES string of the molecule is Nc1cc(Oc2ccc(NC(=S)N[C@H](O)Cc3ccc(F)cc3)cc2F)ncn1. The van der Waals surface area contributed by atoms with E-state index < -0.39 is 12.0 Å². The number of aliphatic hydroxyl groups is 1. The minimum atomic E-state index is -1.00. The van der Waals surface area contributed by atoms with Crippen molar-refractivity contribution in [1.82, 2.24) is 15.3 Å². The number of ether oxygens (including phenoxy) is 1. The maximum Gasteiger partial charge on any atom is 0.224 e. The molecule has 150 valence electrons. The van der Waals surface area contributed by atoms with Crippen molar-refractivity contribution in [3.05, 3.63) is 72.1 Å². The number of anilines is 2. The monoisotopic (exact) mass is 417 g/mol. The summed E-state index contributed by atoms with van der Waals surface area (Å²) in [5, 5.41) is 15.6. The van der Waals surface area contributed by atoms with Crippen molar-refractivity contribution in [2.24, 2.45) is 0 Å². The van der Waals surface area contributed by atoms with Crippen LogP contribution in [0.5, 0.6) is 11.6 Å². The Morgan fingerprint density at radius 1 is 1.14 bits per heavy atom. The summed E-state index contributed by atoms with van der Waals surface area (Å²) in [5.74, 6) is -0.751. The highest BCUT2D eigenvalue weighted by Crippen LogP contribution is 2.26. The third-order valence-electron chi connectivity index (χ3n) is 3.71. The van der Waals surface area contributed by atoms with E-state index in [-0.39, 0.29) is 34.8 Å². The standard InChI is InChI=1S/C19H17F2N5O2S/c20-12-3-1-11(2-4-12)7-17(27)26-19(29)25-13-5-6-15(14(21)8-13)28-18-9-16(22)23-10-24-18/h1-6,8-10,17,27H,7H2,(H2,22,23,24)(H2,25,26,29)/t17-/m1/s1. The molecule has 0 saturated carbocycles. The smallest absolute Gasteiger partial charge is 0.224 e. The van der Waals surface area contributed by atoms with Crippen LogP contribution in [0.15, 0.2) is 54.9 Å². The molecule has 5 N–H and O–H groups in total. The number of hydrogen-bond donors (Lipinski definition) is 4. The van der Waals surface area contributed by atoms with Gasteiger partial charge in [0, 0.05) is 24.2 Å². The Labute approximate surface area is 170 Å². The van der Waals surface area contributed by atoms with Crippen LogP contribution in [0.1, 0.15) is 5.56 Å². The van der Waals surface area contributed by atoms with Crippen LogP contribution in [0.4, 0.5) is 20.3 Å². The minimum Gasteiger partial charge on any atom is -0.436 e. The van der Waals surface area contributed by atoms with Gasteiger partial charge in [-0.3, -0.25) is 0 Å². The predicted octanol–water partition coefficient (Wildman–Crippen LogP) is 2.98. The number of aromatic nitrogens is 2. The summed E-state index contributed by atoms with van der Waals surface area (Å²) in [5.41, 5.74) is 6.61. The Morgan fingerprint density at radius 3 is 2.59 bits per heavy atom. The van der Waals surface area contributed by atoms with Gasteiger partial charge in [-0.1, -0.05) is 12.1 Å². The van der Waals surface area contributed by atoms with Gasteiger partial charge in [0.05, 0.1) is 0 Å². The van der Waals surface area contributed by atoms with Gasteiger partial charge in [0.2, 0.25) is 5.88 Å². The molecule has 29 heavy (non-hydrogen) atoms. The molecule has 1 atom stereocenters. The van der Waals surface area contributed by atoms with Gasteiger partial charge in [-0.05, 0) is 42.0 Å². The van der Waals surface area contributed by atoms with Crippen LogP contribution in [0.2, 0.25) is 0 Å². The van der Waals surface area contributed by atoms with E-state index >= 15 is 0 Å². The van der Waals surface area contributed by atoms with E-state index in [0.29, 0.717) is 5.69 Å². The number of thiocarbonyl (C=S) groups is 1. The number of nitrogens with two attached hydrogens (primary N) is 1. The molecule has 7 nitrogen and oxygen atoms in total. The second-order valence-corrected chi connectivity index (χ2v) is 6.38. The van der Waals surface area contributed by atoms with Crippen molar-refractivity contribution in [1.29, 1.82) is 0 Å². The number of nitrogen functional groups attached to an aromatic ring is 1. The summed E-state index contributed by atoms with van der Waals surface area (Å²) in [6.07, 6.45) is 0.418. The normalized spacial score (nSPS) is 11.6. The largest absolute Gasteiger partial charge is 0.436 e. The first-order valence-electron chi connectivity index (χ1n) is 8.44.